The van der Waals surface area contributed by atoms with Gasteiger partial charge < -0.3 is 20.1 Å². The molecule has 0 amide bonds. The van der Waals surface area contributed by atoms with Gasteiger partial charge in [-0.1, -0.05) is 25.0 Å². The van der Waals surface area contributed by atoms with Gasteiger partial charge in [0.25, 0.3) is 6.47 Å². The van der Waals surface area contributed by atoms with Crippen molar-refractivity contribution in [3.8, 4) is 11.5 Å². The van der Waals surface area contributed by atoms with Crippen LogP contribution in [0.1, 0.15) is 83.8 Å². The van der Waals surface area contributed by atoms with Crippen molar-refractivity contribution in [1.29, 1.82) is 0 Å². The molecule has 0 aliphatic heterocycles. The van der Waals surface area contributed by atoms with Crippen LogP contribution in [0.3, 0.4) is 0 Å². The molecule has 0 saturated heterocycles. The summed E-state index contributed by atoms with van der Waals surface area (Å²) < 4.78 is 5.03. The molecule has 0 saturated carbocycles. The molecule has 1 aromatic rings. The fraction of sp³-hybridized carbons (Fsp3) is 0.652. The lowest BCUT2D eigenvalue weighted by Gasteiger charge is -2.22. The van der Waals surface area contributed by atoms with Gasteiger partial charge in [-0.25, -0.2) is 0 Å². The van der Waals surface area contributed by atoms with Crippen molar-refractivity contribution >= 4 is 12.4 Å². The zero-order valence-electron chi connectivity index (χ0n) is 18.2. The lowest BCUT2D eigenvalue weighted by Crippen LogP contribution is -2.23. The van der Waals surface area contributed by atoms with Crippen molar-refractivity contribution in [3.05, 3.63) is 23.3 Å². The van der Waals surface area contributed by atoms with Gasteiger partial charge in [0.2, 0.25) is 0 Å². The summed E-state index contributed by atoms with van der Waals surface area (Å²) >= 11 is 0. The first-order chi connectivity index (χ1) is 13.5. The summed E-state index contributed by atoms with van der Waals surface area (Å²) in [5, 5.41) is 29.7. The Balaban J connectivity index is 2.45. The van der Waals surface area contributed by atoms with Gasteiger partial charge in [0.1, 0.15) is 5.60 Å². The highest BCUT2D eigenvalue weighted by molar-refractivity contribution is 5.73. The number of benzene rings is 1. The fourth-order valence-electron chi connectivity index (χ4n) is 3.29. The second-order valence-corrected chi connectivity index (χ2v) is 9.01. The second-order valence-electron chi connectivity index (χ2n) is 9.01. The standard InChI is InChI=1S/C23H36O6/c1-22(2,21(27)28)14-8-5-6-10-17-12-13-18(20(26)19(17)25)11-7-9-15-23(3,4)29-16-24/h12-13,16,25-26H,5-11,14-15H2,1-4H3,(H,27,28). The van der Waals surface area contributed by atoms with E-state index in [2.05, 4.69) is 0 Å². The summed E-state index contributed by atoms with van der Waals surface area (Å²) in [5.41, 5.74) is 0.222. The van der Waals surface area contributed by atoms with E-state index >= 15 is 0 Å². The number of carboxylic acids is 1. The molecule has 0 fully saturated rings. The number of hydrogen-bond donors (Lipinski definition) is 3. The van der Waals surface area contributed by atoms with E-state index in [-0.39, 0.29) is 11.5 Å². The third-order valence-corrected chi connectivity index (χ3v) is 5.49. The Bertz CT molecular complexity index is 678. The number of ether oxygens (including phenoxy) is 1. The molecular weight excluding hydrogens is 372 g/mol. The zero-order chi connectivity index (χ0) is 22.1. The molecule has 0 unspecified atom stereocenters. The van der Waals surface area contributed by atoms with Crippen LogP contribution in [0.2, 0.25) is 0 Å². The summed E-state index contributed by atoms with van der Waals surface area (Å²) in [5.74, 6) is -0.897. The molecule has 164 valence electrons. The van der Waals surface area contributed by atoms with Crippen LogP contribution in [0.5, 0.6) is 11.5 Å². The molecule has 3 N–H and O–H groups in total. The maximum atomic E-state index is 11.1. The van der Waals surface area contributed by atoms with E-state index in [1.165, 1.54) is 0 Å². The average Bonchev–Trinajstić information content (AvgIpc) is 2.63. The molecule has 0 aliphatic carbocycles. The molecule has 0 heterocycles. The van der Waals surface area contributed by atoms with E-state index in [9.17, 15) is 19.8 Å². The van der Waals surface area contributed by atoms with E-state index in [0.717, 1.165) is 38.5 Å². The minimum absolute atomic E-state index is 0.0574. The van der Waals surface area contributed by atoms with Gasteiger partial charge in [-0.05, 0) is 83.8 Å². The molecule has 0 aromatic heterocycles. The number of carbonyl (C=O) groups excluding carboxylic acids is 1. The van der Waals surface area contributed by atoms with E-state index in [1.807, 2.05) is 26.0 Å². The number of aromatic hydroxyl groups is 2. The third kappa shape index (κ3) is 8.34. The number of phenols is 2. The fourth-order valence-corrected chi connectivity index (χ4v) is 3.29. The molecular formula is C23H36O6. The first-order valence-electron chi connectivity index (χ1n) is 10.4. The predicted molar refractivity (Wildman–Crippen MR) is 112 cm³/mol. The van der Waals surface area contributed by atoms with Crippen LogP contribution in [-0.2, 0) is 27.2 Å². The van der Waals surface area contributed by atoms with E-state index in [1.54, 1.807) is 13.8 Å². The number of rotatable bonds is 14. The van der Waals surface area contributed by atoms with Crippen LogP contribution in [0.15, 0.2) is 12.1 Å². The number of aliphatic carboxylic acids is 1. The monoisotopic (exact) mass is 408 g/mol. The molecule has 0 aliphatic rings. The maximum absolute atomic E-state index is 11.1. The quantitative estimate of drug-likeness (QED) is 0.228. The Morgan fingerprint density at radius 1 is 0.897 bits per heavy atom. The summed E-state index contributed by atoms with van der Waals surface area (Å²) in [6, 6.07) is 3.70. The minimum Gasteiger partial charge on any atom is -0.504 e. The van der Waals surface area contributed by atoms with Gasteiger partial charge in [0, 0.05) is 0 Å². The van der Waals surface area contributed by atoms with Crippen LogP contribution in [0.4, 0.5) is 0 Å². The zero-order valence-corrected chi connectivity index (χ0v) is 18.2. The van der Waals surface area contributed by atoms with Gasteiger partial charge in [0.15, 0.2) is 11.5 Å². The van der Waals surface area contributed by atoms with Crippen molar-refractivity contribution in [2.45, 2.75) is 91.1 Å². The largest absolute Gasteiger partial charge is 0.504 e. The van der Waals surface area contributed by atoms with Crippen LogP contribution in [-0.4, -0.2) is 33.4 Å². The summed E-state index contributed by atoms with van der Waals surface area (Å²) in [4.78, 5) is 21.6. The summed E-state index contributed by atoms with van der Waals surface area (Å²) in [6.07, 6.45) is 6.81. The third-order valence-electron chi connectivity index (χ3n) is 5.49. The topological polar surface area (TPSA) is 104 Å². The highest BCUT2D eigenvalue weighted by Crippen LogP contribution is 2.35. The van der Waals surface area contributed by atoms with Gasteiger partial charge in [-0.2, -0.15) is 0 Å². The van der Waals surface area contributed by atoms with Gasteiger partial charge in [0.05, 0.1) is 5.41 Å². The van der Waals surface area contributed by atoms with Crippen molar-refractivity contribution in [1.82, 2.24) is 0 Å². The molecule has 0 atom stereocenters. The van der Waals surface area contributed by atoms with E-state index in [4.69, 9.17) is 9.84 Å². The average molecular weight is 409 g/mol. The Hall–Kier alpha value is -2.24. The number of carbonyl (C=O) groups is 2. The normalized spacial score (nSPS) is 12.0. The van der Waals surface area contributed by atoms with Gasteiger partial charge >= 0.3 is 5.97 Å². The highest BCUT2D eigenvalue weighted by Gasteiger charge is 2.26. The number of phenolic OH excluding ortho intramolecular Hbond substituents is 2. The van der Waals surface area contributed by atoms with Crippen molar-refractivity contribution in [2.75, 3.05) is 0 Å². The van der Waals surface area contributed by atoms with Crippen LogP contribution >= 0.6 is 0 Å². The molecule has 0 spiro atoms. The number of unbranched alkanes of at least 4 members (excludes halogenated alkanes) is 3. The Morgan fingerprint density at radius 3 is 1.86 bits per heavy atom. The molecule has 1 rings (SSSR count). The molecule has 0 radical (unpaired) electrons. The van der Waals surface area contributed by atoms with E-state index < -0.39 is 17.0 Å². The Labute approximate surface area is 173 Å². The second kappa shape index (κ2) is 11.1. The lowest BCUT2D eigenvalue weighted by molar-refractivity contribution is -0.147. The van der Waals surface area contributed by atoms with Crippen LogP contribution in [0, 0.1) is 5.41 Å². The van der Waals surface area contributed by atoms with Crippen LogP contribution < -0.4 is 0 Å². The van der Waals surface area contributed by atoms with Gasteiger partial charge in [-0.3, -0.25) is 9.59 Å². The minimum atomic E-state index is -0.782. The summed E-state index contributed by atoms with van der Waals surface area (Å²) in [7, 11) is 0. The molecule has 6 heteroatoms. The Kier molecular flexibility index (Phi) is 9.47. The van der Waals surface area contributed by atoms with Crippen molar-refractivity contribution in [3.63, 3.8) is 0 Å². The molecule has 0 bridgehead atoms. The number of carboxylic acid groups (broad SMARTS) is 1. The van der Waals surface area contributed by atoms with Crippen molar-refractivity contribution in [2.24, 2.45) is 5.41 Å². The van der Waals surface area contributed by atoms with E-state index in [0.29, 0.717) is 36.9 Å². The van der Waals surface area contributed by atoms with Crippen molar-refractivity contribution < 1.29 is 29.6 Å². The maximum Gasteiger partial charge on any atom is 0.309 e. The lowest BCUT2D eigenvalue weighted by atomic mass is 9.87. The van der Waals surface area contributed by atoms with Gasteiger partial charge in [-0.15, -0.1) is 0 Å². The molecule has 6 nitrogen and oxygen atoms in total. The SMILES string of the molecule is CC(C)(CCCCc1ccc(CCCCCC(C)(C)C(=O)O)c(O)c1O)OC=O. The summed E-state index contributed by atoms with van der Waals surface area (Å²) in [6.45, 7) is 7.66. The number of hydrogen-bond acceptors (Lipinski definition) is 5. The number of aryl methyl sites for hydroxylation is 2. The molecule has 1 aromatic carbocycles. The molecule has 29 heavy (non-hydrogen) atoms. The predicted octanol–water partition coefficient (Wildman–Crippen LogP) is 4.98. The first kappa shape index (κ1) is 24.8. The first-order valence-corrected chi connectivity index (χ1v) is 10.4. The van der Waals surface area contributed by atoms with Crippen LogP contribution in [0.25, 0.3) is 0 Å². The smallest absolute Gasteiger partial charge is 0.309 e. The highest BCUT2D eigenvalue weighted by atomic mass is 16.5. The Morgan fingerprint density at radius 2 is 1.38 bits per heavy atom.